The van der Waals surface area contributed by atoms with Crippen molar-refractivity contribution in [2.45, 2.75) is 59.1 Å². The number of halogens is 21. The normalized spacial score (nSPS) is 17.1. The lowest BCUT2D eigenvalue weighted by atomic mass is 9.87. The topological polar surface area (TPSA) is 9.23 Å². The molecule has 0 amide bonds. The summed E-state index contributed by atoms with van der Waals surface area (Å²) in [6.07, 6.45) is -7.99. The second kappa shape index (κ2) is 8.11. The SMILES string of the molecule is CO[SiH2]C(F)(F)C(F)(F)C(F)(F)C(F)(F)C(F)(F)C(F)(F)C(F)(F)C(F)(F)C(F)(F)C(F)(F)F. The first kappa shape index (κ1) is 32.7. The minimum absolute atomic E-state index is 0.0404. The van der Waals surface area contributed by atoms with Gasteiger partial charge in [-0.3, -0.25) is 0 Å². The molecule has 0 aliphatic heterocycles. The fraction of sp³-hybridized carbons (Fsp3) is 1.00. The first-order valence-electron chi connectivity index (χ1n) is 7.27. The highest BCUT2D eigenvalue weighted by molar-refractivity contribution is 6.31. The van der Waals surface area contributed by atoms with Gasteiger partial charge in [0, 0.05) is 7.11 Å². The summed E-state index contributed by atoms with van der Waals surface area (Å²) in [7, 11) is -4.44. The number of alkyl halides is 21. The maximum Gasteiger partial charge on any atom is 0.460 e. The molecule has 0 spiro atoms. The lowest BCUT2D eigenvalue weighted by molar-refractivity contribution is -0.472. The van der Waals surface area contributed by atoms with Crippen molar-refractivity contribution in [3.63, 3.8) is 0 Å². The molecule has 0 fully saturated rings. The van der Waals surface area contributed by atoms with Gasteiger partial charge in [-0.1, -0.05) is 0 Å². The summed E-state index contributed by atoms with van der Waals surface area (Å²) >= 11 is 0. The lowest BCUT2D eigenvalue weighted by Crippen LogP contribution is -2.77. The quantitative estimate of drug-likeness (QED) is 0.229. The maximum absolute atomic E-state index is 13.4. The molecule has 1 nitrogen and oxygen atoms in total. The van der Waals surface area contributed by atoms with E-state index >= 15 is 0 Å². The highest BCUT2D eigenvalue weighted by Crippen LogP contribution is 2.66. The second-order valence-corrected chi connectivity index (χ2v) is 7.98. The Labute approximate surface area is 174 Å². The van der Waals surface area contributed by atoms with Gasteiger partial charge < -0.3 is 4.43 Å². The minimum Gasteiger partial charge on any atom is -0.420 e. The standard InChI is InChI=1S/C11H5F21OSi/c1-33-34-11(31,32)9(26,27)7(22,23)5(18,19)3(14,15)2(12,13)4(16,17)6(20,21)8(24,25)10(28,29)30/h34H2,1H3. The van der Waals surface area contributed by atoms with Crippen molar-refractivity contribution in [3.8, 4) is 0 Å². The van der Waals surface area contributed by atoms with Gasteiger partial charge in [0.05, 0.1) is 0 Å². The predicted octanol–water partition coefficient (Wildman–Crippen LogP) is 5.95. The third-order valence-corrected chi connectivity index (χ3v) is 5.00. The van der Waals surface area contributed by atoms with Crippen LogP contribution in [0, 0.1) is 0 Å². The van der Waals surface area contributed by atoms with Crippen molar-refractivity contribution in [2.24, 2.45) is 0 Å². The van der Waals surface area contributed by atoms with E-state index in [0.29, 0.717) is 0 Å². The van der Waals surface area contributed by atoms with Crippen LogP contribution in [0.4, 0.5) is 92.2 Å². The van der Waals surface area contributed by atoms with Crippen LogP contribution in [-0.2, 0) is 4.43 Å². The number of hydrogen-bond donors (Lipinski definition) is 0. The molecule has 0 saturated heterocycles. The molecule has 0 unspecified atom stereocenters. The van der Waals surface area contributed by atoms with E-state index in [9.17, 15) is 92.2 Å². The average molecular weight is 580 g/mol. The first-order chi connectivity index (χ1) is 14.3. The Morgan fingerprint density at radius 3 is 0.765 bits per heavy atom. The molecule has 23 heteroatoms. The highest BCUT2D eigenvalue weighted by atomic mass is 28.2. The Kier molecular flexibility index (Phi) is 7.80. The lowest BCUT2D eigenvalue weighted by Gasteiger charge is -2.44. The van der Waals surface area contributed by atoms with Crippen LogP contribution in [0.5, 0.6) is 0 Å². The molecule has 0 radical (unpaired) electrons. The molecule has 0 saturated carbocycles. The summed E-state index contributed by atoms with van der Waals surface area (Å²) in [5, 5.41) is 0. The van der Waals surface area contributed by atoms with Gasteiger partial charge in [0.15, 0.2) is 0 Å². The van der Waals surface area contributed by atoms with Crippen LogP contribution in [-0.4, -0.2) is 76.0 Å². The van der Waals surface area contributed by atoms with E-state index in [0.717, 1.165) is 0 Å². The van der Waals surface area contributed by atoms with Gasteiger partial charge >= 0.3 is 59.1 Å². The van der Waals surface area contributed by atoms with Crippen LogP contribution in [0.2, 0.25) is 0 Å². The summed E-state index contributed by atoms with van der Waals surface area (Å²) in [4.78, 5) is 0. The molecule has 0 aliphatic rings. The van der Waals surface area contributed by atoms with Crippen LogP contribution in [0.15, 0.2) is 0 Å². The van der Waals surface area contributed by atoms with E-state index in [1.54, 1.807) is 0 Å². The minimum atomic E-state index is -9.14. The molecule has 0 atom stereocenters. The molecule has 34 heavy (non-hydrogen) atoms. The van der Waals surface area contributed by atoms with Crippen molar-refractivity contribution in [2.75, 3.05) is 7.11 Å². The van der Waals surface area contributed by atoms with Crippen LogP contribution < -0.4 is 0 Å². The van der Waals surface area contributed by atoms with E-state index in [2.05, 4.69) is 4.43 Å². The van der Waals surface area contributed by atoms with Crippen molar-refractivity contribution in [3.05, 3.63) is 0 Å². The van der Waals surface area contributed by atoms with Crippen LogP contribution in [0.1, 0.15) is 0 Å². The van der Waals surface area contributed by atoms with E-state index in [-0.39, 0.29) is 7.11 Å². The van der Waals surface area contributed by atoms with Gasteiger partial charge in [0.2, 0.25) is 9.76 Å². The Morgan fingerprint density at radius 1 is 0.353 bits per heavy atom. The summed E-state index contributed by atoms with van der Waals surface area (Å²) in [5.74, 6) is -69.9. The molecule has 0 aromatic rings. The Hall–Kier alpha value is -1.29. The van der Waals surface area contributed by atoms with Crippen molar-refractivity contribution >= 4 is 9.76 Å². The molecule has 206 valence electrons. The average Bonchev–Trinajstić information content (AvgIpc) is 2.59. The molecular weight excluding hydrogens is 575 g/mol. The van der Waals surface area contributed by atoms with E-state index in [1.807, 2.05) is 0 Å². The van der Waals surface area contributed by atoms with Crippen LogP contribution >= 0.6 is 0 Å². The molecule has 0 aromatic carbocycles. The molecule has 0 aromatic heterocycles. The number of hydrogen-bond acceptors (Lipinski definition) is 1. The zero-order valence-electron chi connectivity index (χ0n) is 15.1. The zero-order chi connectivity index (χ0) is 28.4. The summed E-state index contributed by atoms with van der Waals surface area (Å²) in [6, 6.07) is 0. The zero-order valence-corrected chi connectivity index (χ0v) is 16.5. The molecule has 0 heterocycles. The fourth-order valence-electron chi connectivity index (χ4n) is 1.86. The molecule has 0 N–H and O–H groups in total. The Bertz CT molecular complexity index is 735. The van der Waals surface area contributed by atoms with Crippen molar-refractivity contribution < 1.29 is 96.6 Å². The monoisotopic (exact) mass is 580 g/mol. The van der Waals surface area contributed by atoms with Gasteiger partial charge in [-0.15, -0.1) is 0 Å². The van der Waals surface area contributed by atoms with E-state index in [1.165, 1.54) is 0 Å². The van der Waals surface area contributed by atoms with Gasteiger partial charge in [-0.25, -0.2) is 8.78 Å². The van der Waals surface area contributed by atoms with Crippen LogP contribution in [0.3, 0.4) is 0 Å². The maximum atomic E-state index is 13.4. The van der Waals surface area contributed by atoms with Gasteiger partial charge in [0.1, 0.15) is 0 Å². The Morgan fingerprint density at radius 2 is 0.559 bits per heavy atom. The predicted molar refractivity (Wildman–Crippen MR) is 66.1 cm³/mol. The Balaban J connectivity index is 7.01. The third kappa shape index (κ3) is 3.87. The second-order valence-electron chi connectivity index (χ2n) is 6.23. The fourth-order valence-corrected chi connectivity index (χ4v) is 2.63. The molecular formula is C11H5F21OSi. The largest absolute Gasteiger partial charge is 0.460 e. The van der Waals surface area contributed by atoms with E-state index in [4.69, 9.17) is 0 Å². The first-order valence-corrected chi connectivity index (χ1v) is 8.55. The summed E-state index contributed by atoms with van der Waals surface area (Å²) in [6.45, 7) is 0. The third-order valence-electron chi connectivity index (χ3n) is 3.90. The molecule has 0 rings (SSSR count). The smallest absolute Gasteiger partial charge is 0.420 e. The molecule has 0 aliphatic carbocycles. The van der Waals surface area contributed by atoms with Crippen LogP contribution in [0.25, 0.3) is 0 Å². The molecule has 0 bridgehead atoms. The number of rotatable bonds is 10. The summed E-state index contributed by atoms with van der Waals surface area (Å²) in [5.41, 5.74) is -6.56. The highest BCUT2D eigenvalue weighted by Gasteiger charge is 2.97. The van der Waals surface area contributed by atoms with Crippen molar-refractivity contribution in [1.82, 2.24) is 0 Å². The van der Waals surface area contributed by atoms with E-state index < -0.39 is 68.9 Å². The van der Waals surface area contributed by atoms with Crippen molar-refractivity contribution in [1.29, 1.82) is 0 Å². The summed E-state index contributed by atoms with van der Waals surface area (Å²) < 4.78 is 276. The van der Waals surface area contributed by atoms with Gasteiger partial charge in [-0.05, 0) is 0 Å². The van der Waals surface area contributed by atoms with Gasteiger partial charge in [-0.2, -0.15) is 83.4 Å². The van der Waals surface area contributed by atoms with Gasteiger partial charge in [0.25, 0.3) is 0 Å².